The van der Waals surface area contributed by atoms with E-state index in [-0.39, 0.29) is 5.97 Å². The van der Waals surface area contributed by atoms with Gasteiger partial charge in [0, 0.05) is 12.0 Å². The number of methoxy groups -OCH3 is 1. The third-order valence-electron chi connectivity index (χ3n) is 1.80. The molecule has 1 aromatic rings. The van der Waals surface area contributed by atoms with Gasteiger partial charge in [0.2, 0.25) is 0 Å². The molecule has 0 atom stereocenters. The monoisotopic (exact) mass is 194 g/mol. The zero-order valence-electron chi connectivity index (χ0n) is 8.61. The van der Waals surface area contributed by atoms with Crippen molar-refractivity contribution in [3.63, 3.8) is 0 Å². The van der Waals surface area contributed by atoms with Crippen LogP contribution in [0.4, 0.5) is 0 Å². The van der Waals surface area contributed by atoms with Gasteiger partial charge in [-0.25, -0.2) is 4.79 Å². The average Bonchev–Trinajstić information content (AvgIpc) is 2.62. The van der Waals surface area contributed by atoms with Crippen LogP contribution >= 0.6 is 0 Å². The highest BCUT2D eigenvalue weighted by Crippen LogP contribution is 2.18. The molecule has 3 heteroatoms. The van der Waals surface area contributed by atoms with Gasteiger partial charge in [-0.3, -0.25) is 0 Å². The van der Waals surface area contributed by atoms with Crippen molar-refractivity contribution in [3.05, 3.63) is 29.7 Å². The van der Waals surface area contributed by atoms with Gasteiger partial charge in [0.05, 0.1) is 7.11 Å². The first-order valence-corrected chi connectivity index (χ1v) is 4.49. The summed E-state index contributed by atoms with van der Waals surface area (Å²) in [6, 6.07) is 3.73. The van der Waals surface area contributed by atoms with Crippen LogP contribution in [0.25, 0.3) is 6.08 Å². The molecule has 1 heterocycles. The number of rotatable bonds is 3. The van der Waals surface area contributed by atoms with Crippen molar-refractivity contribution in [3.8, 4) is 0 Å². The summed E-state index contributed by atoms with van der Waals surface area (Å²) in [7, 11) is 1.34. The maximum Gasteiger partial charge on any atom is 0.330 e. The normalized spacial score (nSPS) is 11.1. The van der Waals surface area contributed by atoms with Crippen LogP contribution in [0.1, 0.15) is 31.3 Å². The Kier molecular flexibility index (Phi) is 3.51. The third kappa shape index (κ3) is 2.76. The minimum absolute atomic E-state index is 0.357. The molecular formula is C11H14O3. The zero-order valence-corrected chi connectivity index (χ0v) is 8.61. The van der Waals surface area contributed by atoms with Gasteiger partial charge in [-0.2, -0.15) is 0 Å². The van der Waals surface area contributed by atoms with E-state index in [0.717, 1.165) is 5.76 Å². The minimum Gasteiger partial charge on any atom is -0.466 e. The molecule has 0 saturated carbocycles. The first kappa shape index (κ1) is 10.6. The molecule has 0 saturated heterocycles. The molecule has 0 amide bonds. The molecule has 0 unspecified atom stereocenters. The molecule has 0 aliphatic rings. The SMILES string of the molecule is COC(=O)/C=C/c1ccc(C(C)C)o1. The summed E-state index contributed by atoms with van der Waals surface area (Å²) in [4.78, 5) is 10.8. The summed E-state index contributed by atoms with van der Waals surface area (Å²) in [6.45, 7) is 4.10. The molecule has 0 aliphatic heterocycles. The van der Waals surface area contributed by atoms with E-state index in [4.69, 9.17) is 4.42 Å². The molecule has 76 valence electrons. The molecule has 0 aliphatic carbocycles. The van der Waals surface area contributed by atoms with Gasteiger partial charge >= 0.3 is 5.97 Å². The maximum atomic E-state index is 10.8. The number of hydrogen-bond donors (Lipinski definition) is 0. The summed E-state index contributed by atoms with van der Waals surface area (Å²) >= 11 is 0. The van der Waals surface area contributed by atoms with Crippen molar-refractivity contribution in [1.82, 2.24) is 0 Å². The Hall–Kier alpha value is -1.51. The van der Waals surface area contributed by atoms with E-state index in [9.17, 15) is 4.79 Å². The van der Waals surface area contributed by atoms with Gasteiger partial charge < -0.3 is 9.15 Å². The van der Waals surface area contributed by atoms with E-state index in [1.165, 1.54) is 13.2 Å². The fourth-order valence-corrected chi connectivity index (χ4v) is 0.986. The Morgan fingerprint density at radius 2 is 2.21 bits per heavy atom. The predicted molar refractivity (Wildman–Crippen MR) is 53.8 cm³/mol. The van der Waals surface area contributed by atoms with Crippen LogP contribution < -0.4 is 0 Å². The highest BCUT2D eigenvalue weighted by atomic mass is 16.5. The molecule has 0 spiro atoms. The van der Waals surface area contributed by atoms with Gasteiger partial charge in [-0.15, -0.1) is 0 Å². The van der Waals surface area contributed by atoms with Crippen LogP contribution in [0.15, 0.2) is 22.6 Å². The lowest BCUT2D eigenvalue weighted by Crippen LogP contribution is -1.92. The number of hydrogen-bond acceptors (Lipinski definition) is 3. The lowest BCUT2D eigenvalue weighted by molar-refractivity contribution is -0.134. The van der Waals surface area contributed by atoms with Crippen LogP contribution in [-0.2, 0) is 9.53 Å². The van der Waals surface area contributed by atoms with E-state index < -0.39 is 0 Å². The highest BCUT2D eigenvalue weighted by molar-refractivity contribution is 5.86. The van der Waals surface area contributed by atoms with E-state index in [1.54, 1.807) is 6.08 Å². The summed E-state index contributed by atoms with van der Waals surface area (Å²) in [6.07, 6.45) is 2.93. The van der Waals surface area contributed by atoms with E-state index in [1.807, 2.05) is 26.0 Å². The number of ether oxygens (including phenoxy) is 1. The largest absolute Gasteiger partial charge is 0.466 e. The Morgan fingerprint density at radius 1 is 1.50 bits per heavy atom. The first-order valence-electron chi connectivity index (χ1n) is 4.49. The summed E-state index contributed by atoms with van der Waals surface area (Å²) in [5, 5.41) is 0. The van der Waals surface area contributed by atoms with Crippen molar-refractivity contribution in [2.24, 2.45) is 0 Å². The predicted octanol–water partition coefficient (Wildman–Crippen LogP) is 2.59. The van der Waals surface area contributed by atoms with Crippen LogP contribution in [0.5, 0.6) is 0 Å². The topological polar surface area (TPSA) is 39.4 Å². The van der Waals surface area contributed by atoms with E-state index >= 15 is 0 Å². The lowest BCUT2D eigenvalue weighted by Gasteiger charge is -1.96. The second-order valence-corrected chi connectivity index (χ2v) is 3.25. The molecule has 14 heavy (non-hydrogen) atoms. The molecule has 1 aromatic heterocycles. The smallest absolute Gasteiger partial charge is 0.330 e. The molecular weight excluding hydrogens is 180 g/mol. The Labute approximate surface area is 83.4 Å². The summed E-state index contributed by atoms with van der Waals surface area (Å²) in [5.41, 5.74) is 0. The van der Waals surface area contributed by atoms with Gasteiger partial charge in [0.1, 0.15) is 11.5 Å². The Morgan fingerprint density at radius 3 is 2.71 bits per heavy atom. The Bertz CT molecular complexity index is 334. The van der Waals surface area contributed by atoms with Crippen LogP contribution in [0.3, 0.4) is 0 Å². The fraction of sp³-hybridized carbons (Fsp3) is 0.364. The minimum atomic E-state index is -0.382. The number of furan rings is 1. The highest BCUT2D eigenvalue weighted by Gasteiger charge is 2.03. The molecule has 0 N–H and O–H groups in total. The quantitative estimate of drug-likeness (QED) is 0.548. The zero-order chi connectivity index (χ0) is 10.6. The maximum absolute atomic E-state index is 10.8. The van der Waals surface area contributed by atoms with Crippen molar-refractivity contribution in [2.45, 2.75) is 19.8 Å². The molecule has 0 fully saturated rings. The molecule has 0 radical (unpaired) electrons. The van der Waals surface area contributed by atoms with Crippen molar-refractivity contribution >= 4 is 12.0 Å². The third-order valence-corrected chi connectivity index (χ3v) is 1.80. The molecule has 3 nitrogen and oxygen atoms in total. The lowest BCUT2D eigenvalue weighted by atomic mass is 10.2. The first-order chi connectivity index (χ1) is 6.63. The molecule has 1 rings (SSSR count). The van der Waals surface area contributed by atoms with Crippen molar-refractivity contribution in [2.75, 3.05) is 7.11 Å². The second kappa shape index (κ2) is 4.65. The van der Waals surface area contributed by atoms with Crippen LogP contribution in [-0.4, -0.2) is 13.1 Å². The van der Waals surface area contributed by atoms with Gasteiger partial charge in [-0.05, 0) is 18.2 Å². The number of esters is 1. The Balaban J connectivity index is 2.68. The standard InChI is InChI=1S/C11H14O3/c1-8(2)10-6-4-9(14-10)5-7-11(12)13-3/h4-8H,1-3H3/b7-5+. The average molecular weight is 194 g/mol. The van der Waals surface area contributed by atoms with Crippen LogP contribution in [0, 0.1) is 0 Å². The van der Waals surface area contributed by atoms with Crippen molar-refractivity contribution < 1.29 is 13.9 Å². The fourth-order valence-electron chi connectivity index (χ4n) is 0.986. The summed E-state index contributed by atoms with van der Waals surface area (Å²) in [5.74, 6) is 1.55. The second-order valence-electron chi connectivity index (χ2n) is 3.25. The van der Waals surface area contributed by atoms with Gasteiger partial charge in [0.15, 0.2) is 0 Å². The van der Waals surface area contributed by atoms with E-state index in [2.05, 4.69) is 4.74 Å². The van der Waals surface area contributed by atoms with Gasteiger partial charge in [0.25, 0.3) is 0 Å². The summed E-state index contributed by atoms with van der Waals surface area (Å²) < 4.78 is 9.90. The van der Waals surface area contributed by atoms with Crippen LogP contribution in [0.2, 0.25) is 0 Å². The number of carbonyl (C=O) groups excluding carboxylic acids is 1. The van der Waals surface area contributed by atoms with E-state index in [0.29, 0.717) is 11.7 Å². The molecule has 0 bridgehead atoms. The van der Waals surface area contributed by atoms with Gasteiger partial charge in [-0.1, -0.05) is 13.8 Å². The molecule has 0 aromatic carbocycles. The van der Waals surface area contributed by atoms with Crippen molar-refractivity contribution in [1.29, 1.82) is 0 Å². The number of carbonyl (C=O) groups is 1.